The summed E-state index contributed by atoms with van der Waals surface area (Å²) in [5.74, 6) is -0.0937. The Labute approximate surface area is 147 Å². The molecule has 3 rings (SSSR count). The number of piperidine rings is 1. The summed E-state index contributed by atoms with van der Waals surface area (Å²) in [6.45, 7) is 2.86. The van der Waals surface area contributed by atoms with Crippen LogP contribution in [0, 0.1) is 5.92 Å². The van der Waals surface area contributed by atoms with Crippen molar-refractivity contribution in [2.45, 2.75) is 25.8 Å². The molecular weight excluding hydrogens is 316 g/mol. The Hall–Kier alpha value is -2.40. The zero-order valence-electron chi connectivity index (χ0n) is 14.4. The van der Waals surface area contributed by atoms with Crippen LogP contribution in [0.15, 0.2) is 42.5 Å². The van der Waals surface area contributed by atoms with E-state index < -0.39 is 0 Å². The summed E-state index contributed by atoms with van der Waals surface area (Å²) in [6.07, 6.45) is 1.31. The molecule has 2 aromatic carbocycles. The van der Waals surface area contributed by atoms with Gasteiger partial charge in [-0.1, -0.05) is 36.4 Å². The lowest BCUT2D eigenvalue weighted by Gasteiger charge is -2.32. The lowest BCUT2D eigenvalue weighted by molar-refractivity contribution is -0.127. The molecule has 5 nitrogen and oxygen atoms in total. The normalized spacial score (nSPS) is 16.6. The summed E-state index contributed by atoms with van der Waals surface area (Å²) >= 11 is 0. The number of rotatable bonds is 4. The van der Waals surface area contributed by atoms with Gasteiger partial charge in [0.2, 0.25) is 5.91 Å². The van der Waals surface area contributed by atoms with Gasteiger partial charge in [0.25, 0.3) is 5.91 Å². The third-order valence-corrected chi connectivity index (χ3v) is 4.84. The fourth-order valence-electron chi connectivity index (χ4n) is 3.33. The summed E-state index contributed by atoms with van der Waals surface area (Å²) in [5, 5.41) is 13.9. The Kier molecular flexibility index (Phi) is 5.34. The molecule has 1 unspecified atom stereocenters. The standard InChI is InChI=1S/C20H24N2O3/c1-14(13-23)21-19(24)16-9-11-22(12-10-16)20(25)18-8-4-6-15-5-2-3-7-17(15)18/h2-8,14,16,23H,9-13H2,1H3,(H,21,24). The number of carbonyl (C=O) groups is 2. The predicted molar refractivity (Wildman–Crippen MR) is 97.3 cm³/mol. The van der Waals surface area contributed by atoms with Crippen LogP contribution in [0.4, 0.5) is 0 Å². The average Bonchev–Trinajstić information content (AvgIpc) is 2.67. The van der Waals surface area contributed by atoms with Gasteiger partial charge in [-0.15, -0.1) is 0 Å². The molecule has 0 aliphatic carbocycles. The first-order valence-electron chi connectivity index (χ1n) is 8.78. The summed E-state index contributed by atoms with van der Waals surface area (Å²) in [5.41, 5.74) is 0.718. The van der Waals surface area contributed by atoms with Crippen LogP contribution in [0.3, 0.4) is 0 Å². The lowest BCUT2D eigenvalue weighted by Crippen LogP contribution is -2.45. The van der Waals surface area contributed by atoms with Crippen LogP contribution in [0.5, 0.6) is 0 Å². The number of nitrogens with one attached hydrogen (secondary N) is 1. The van der Waals surface area contributed by atoms with E-state index in [4.69, 9.17) is 5.11 Å². The number of likely N-dealkylation sites (tertiary alicyclic amines) is 1. The number of hydrogen-bond donors (Lipinski definition) is 2. The van der Waals surface area contributed by atoms with E-state index in [0.717, 1.165) is 16.3 Å². The smallest absolute Gasteiger partial charge is 0.254 e. The Bertz CT molecular complexity index is 761. The van der Waals surface area contributed by atoms with Crippen LogP contribution in [0.2, 0.25) is 0 Å². The van der Waals surface area contributed by atoms with Crippen molar-refractivity contribution in [2.24, 2.45) is 5.92 Å². The van der Waals surface area contributed by atoms with Crippen LogP contribution in [0.25, 0.3) is 10.8 Å². The first-order chi connectivity index (χ1) is 12.1. The van der Waals surface area contributed by atoms with Crippen molar-refractivity contribution in [3.63, 3.8) is 0 Å². The molecule has 0 aromatic heterocycles. The summed E-state index contributed by atoms with van der Waals surface area (Å²) in [6, 6.07) is 13.4. The Balaban J connectivity index is 1.66. The molecule has 25 heavy (non-hydrogen) atoms. The molecule has 1 heterocycles. The van der Waals surface area contributed by atoms with E-state index in [9.17, 15) is 9.59 Å². The molecule has 1 aliphatic rings. The summed E-state index contributed by atoms with van der Waals surface area (Å²) in [4.78, 5) is 26.9. The Morgan fingerprint density at radius 2 is 1.84 bits per heavy atom. The van der Waals surface area contributed by atoms with E-state index in [-0.39, 0.29) is 30.4 Å². The molecule has 0 radical (unpaired) electrons. The van der Waals surface area contributed by atoms with Gasteiger partial charge in [0.15, 0.2) is 0 Å². The van der Waals surface area contributed by atoms with Crippen molar-refractivity contribution in [3.8, 4) is 0 Å². The molecule has 0 spiro atoms. The van der Waals surface area contributed by atoms with Crippen molar-refractivity contribution >= 4 is 22.6 Å². The number of benzene rings is 2. The van der Waals surface area contributed by atoms with Crippen molar-refractivity contribution in [3.05, 3.63) is 48.0 Å². The van der Waals surface area contributed by atoms with E-state index in [1.165, 1.54) is 0 Å². The number of aliphatic hydroxyl groups excluding tert-OH is 1. The second-order valence-corrected chi connectivity index (χ2v) is 6.69. The van der Waals surface area contributed by atoms with Gasteiger partial charge in [-0.2, -0.15) is 0 Å². The maximum atomic E-state index is 12.9. The zero-order chi connectivity index (χ0) is 17.8. The average molecular weight is 340 g/mol. The number of hydrogen-bond acceptors (Lipinski definition) is 3. The quantitative estimate of drug-likeness (QED) is 0.896. The van der Waals surface area contributed by atoms with Crippen molar-refractivity contribution < 1.29 is 14.7 Å². The van der Waals surface area contributed by atoms with Gasteiger partial charge in [-0.05, 0) is 36.6 Å². The van der Waals surface area contributed by atoms with Crippen LogP contribution >= 0.6 is 0 Å². The van der Waals surface area contributed by atoms with Gasteiger partial charge in [0.05, 0.1) is 6.61 Å². The molecule has 1 fully saturated rings. The van der Waals surface area contributed by atoms with E-state index in [1.807, 2.05) is 47.4 Å². The first kappa shape index (κ1) is 17.4. The largest absolute Gasteiger partial charge is 0.394 e. The molecule has 1 atom stereocenters. The third kappa shape index (κ3) is 3.82. The molecule has 2 N–H and O–H groups in total. The number of fused-ring (bicyclic) bond motifs is 1. The monoisotopic (exact) mass is 340 g/mol. The molecule has 0 saturated carbocycles. The number of carbonyl (C=O) groups excluding carboxylic acids is 2. The Morgan fingerprint density at radius 1 is 1.16 bits per heavy atom. The van der Waals surface area contributed by atoms with E-state index in [2.05, 4.69) is 5.32 Å². The van der Waals surface area contributed by atoms with Gasteiger partial charge >= 0.3 is 0 Å². The molecule has 132 valence electrons. The minimum Gasteiger partial charge on any atom is -0.394 e. The lowest BCUT2D eigenvalue weighted by atomic mass is 9.94. The third-order valence-electron chi connectivity index (χ3n) is 4.84. The van der Waals surface area contributed by atoms with E-state index in [0.29, 0.717) is 25.9 Å². The molecule has 0 bridgehead atoms. The number of aliphatic hydroxyl groups is 1. The van der Waals surface area contributed by atoms with Gasteiger partial charge in [0, 0.05) is 30.6 Å². The maximum absolute atomic E-state index is 12.9. The highest BCUT2D eigenvalue weighted by Gasteiger charge is 2.28. The second-order valence-electron chi connectivity index (χ2n) is 6.69. The molecule has 2 aromatic rings. The SMILES string of the molecule is CC(CO)NC(=O)C1CCN(C(=O)c2cccc3ccccc23)CC1. The second kappa shape index (κ2) is 7.66. The fourth-order valence-corrected chi connectivity index (χ4v) is 3.33. The number of nitrogens with zero attached hydrogens (tertiary/aromatic N) is 1. The van der Waals surface area contributed by atoms with Gasteiger partial charge in [0.1, 0.15) is 0 Å². The topological polar surface area (TPSA) is 69.6 Å². The highest BCUT2D eigenvalue weighted by atomic mass is 16.3. The molecule has 1 saturated heterocycles. The summed E-state index contributed by atoms with van der Waals surface area (Å²) in [7, 11) is 0. The van der Waals surface area contributed by atoms with Crippen molar-refractivity contribution in [2.75, 3.05) is 19.7 Å². The maximum Gasteiger partial charge on any atom is 0.254 e. The highest BCUT2D eigenvalue weighted by molar-refractivity contribution is 6.07. The molecule has 2 amide bonds. The first-order valence-corrected chi connectivity index (χ1v) is 8.78. The van der Waals surface area contributed by atoms with E-state index in [1.54, 1.807) is 6.92 Å². The van der Waals surface area contributed by atoms with Crippen molar-refractivity contribution in [1.29, 1.82) is 0 Å². The molecule has 5 heteroatoms. The zero-order valence-corrected chi connectivity index (χ0v) is 14.4. The van der Waals surface area contributed by atoms with Crippen LogP contribution in [-0.4, -0.2) is 47.6 Å². The van der Waals surface area contributed by atoms with Gasteiger partial charge in [-0.25, -0.2) is 0 Å². The van der Waals surface area contributed by atoms with Crippen LogP contribution in [0.1, 0.15) is 30.1 Å². The minimum atomic E-state index is -0.233. The van der Waals surface area contributed by atoms with Crippen molar-refractivity contribution in [1.82, 2.24) is 10.2 Å². The van der Waals surface area contributed by atoms with Crippen LogP contribution in [-0.2, 0) is 4.79 Å². The highest BCUT2D eigenvalue weighted by Crippen LogP contribution is 2.23. The number of amides is 2. The minimum absolute atomic E-state index is 0.0272. The predicted octanol–water partition coefficient (Wildman–Crippen LogP) is 2.19. The van der Waals surface area contributed by atoms with Gasteiger partial charge in [-0.3, -0.25) is 9.59 Å². The van der Waals surface area contributed by atoms with Gasteiger partial charge < -0.3 is 15.3 Å². The van der Waals surface area contributed by atoms with Crippen LogP contribution < -0.4 is 5.32 Å². The Morgan fingerprint density at radius 3 is 2.56 bits per heavy atom. The fraction of sp³-hybridized carbons (Fsp3) is 0.400. The molecular formula is C20H24N2O3. The molecule has 1 aliphatic heterocycles. The van der Waals surface area contributed by atoms with E-state index >= 15 is 0 Å². The summed E-state index contributed by atoms with van der Waals surface area (Å²) < 4.78 is 0.